The largest absolute Gasteiger partial charge is 0.385 e. The minimum absolute atomic E-state index is 0.509. The van der Waals surface area contributed by atoms with E-state index in [1.54, 1.807) is 0 Å². The summed E-state index contributed by atoms with van der Waals surface area (Å²) in [5.41, 5.74) is 0.556. The Morgan fingerprint density at radius 1 is 1.33 bits per heavy atom. The highest BCUT2D eigenvalue weighted by Crippen LogP contribution is 2.48. The molecule has 2 aliphatic carbocycles. The zero-order valence-electron chi connectivity index (χ0n) is 8.37. The number of benzene rings is 1. The Bertz CT molecular complexity index is 397. The molecule has 2 aliphatic rings. The van der Waals surface area contributed by atoms with Gasteiger partial charge < -0.3 is 5.11 Å². The van der Waals surface area contributed by atoms with Crippen LogP contribution in [-0.4, -0.2) is 10.4 Å². The second-order valence-electron chi connectivity index (χ2n) is 4.49. The second kappa shape index (κ2) is 3.51. The molecule has 0 spiro atoms. The zero-order valence-corrected chi connectivity index (χ0v) is 10.8. The van der Waals surface area contributed by atoms with E-state index in [9.17, 15) is 5.11 Å². The minimum Gasteiger partial charge on any atom is -0.385 e. The number of rotatable bonds is 3. The first-order valence-corrected chi connectivity index (χ1v) is 7.04. The first-order valence-electron chi connectivity index (χ1n) is 5.36. The van der Waals surface area contributed by atoms with E-state index >= 15 is 0 Å². The highest BCUT2D eigenvalue weighted by molar-refractivity contribution is 9.10. The van der Waals surface area contributed by atoms with Crippen LogP contribution in [0.25, 0.3) is 0 Å². The van der Waals surface area contributed by atoms with Crippen LogP contribution in [0.15, 0.2) is 27.6 Å². The van der Waals surface area contributed by atoms with Gasteiger partial charge in [-0.15, -0.1) is 11.8 Å². The Labute approximate surface area is 102 Å². The van der Waals surface area contributed by atoms with Gasteiger partial charge in [-0.25, -0.2) is 0 Å². The average Bonchev–Trinajstić information content (AvgIpc) is 3.08. The van der Waals surface area contributed by atoms with Crippen molar-refractivity contribution in [2.24, 2.45) is 0 Å². The van der Waals surface area contributed by atoms with Gasteiger partial charge in [0.15, 0.2) is 0 Å². The maximum absolute atomic E-state index is 9.98. The van der Waals surface area contributed by atoms with Gasteiger partial charge in [-0.2, -0.15) is 0 Å². The molecule has 0 amide bonds. The lowest BCUT2D eigenvalue weighted by Gasteiger charge is -2.10. The van der Waals surface area contributed by atoms with E-state index in [4.69, 9.17) is 0 Å². The summed E-state index contributed by atoms with van der Waals surface area (Å²) in [6.07, 6.45) is 4.52. The van der Waals surface area contributed by atoms with Crippen molar-refractivity contribution in [1.82, 2.24) is 0 Å². The van der Waals surface area contributed by atoms with E-state index in [2.05, 4.69) is 34.1 Å². The first-order chi connectivity index (χ1) is 7.17. The molecule has 15 heavy (non-hydrogen) atoms. The van der Waals surface area contributed by atoms with Gasteiger partial charge in [-0.05, 0) is 59.3 Å². The van der Waals surface area contributed by atoms with Crippen LogP contribution < -0.4 is 0 Å². The highest BCUT2D eigenvalue weighted by atomic mass is 79.9. The molecular formula is C12H13BrOS. The molecule has 3 rings (SSSR count). The average molecular weight is 285 g/mol. The number of hydrogen-bond acceptors (Lipinski definition) is 2. The molecule has 0 aromatic heterocycles. The molecule has 2 saturated carbocycles. The highest BCUT2D eigenvalue weighted by Gasteiger charge is 2.42. The van der Waals surface area contributed by atoms with Crippen molar-refractivity contribution >= 4 is 27.7 Å². The fraction of sp³-hybridized carbons (Fsp3) is 0.500. The lowest BCUT2D eigenvalue weighted by atomic mass is 10.1. The topological polar surface area (TPSA) is 20.2 Å². The molecule has 0 saturated heterocycles. The van der Waals surface area contributed by atoms with Gasteiger partial charge in [-0.1, -0.05) is 6.07 Å². The van der Waals surface area contributed by atoms with E-state index in [1.807, 2.05) is 11.8 Å². The van der Waals surface area contributed by atoms with Crippen molar-refractivity contribution in [2.75, 3.05) is 0 Å². The van der Waals surface area contributed by atoms with E-state index in [0.717, 1.165) is 28.1 Å². The third-order valence-corrected chi connectivity index (χ3v) is 5.34. The fourth-order valence-corrected chi connectivity index (χ4v) is 3.37. The molecule has 1 aromatic carbocycles. The molecule has 3 heteroatoms. The third kappa shape index (κ3) is 2.10. The van der Waals surface area contributed by atoms with E-state index in [0.29, 0.717) is 0 Å². The molecule has 1 aromatic rings. The van der Waals surface area contributed by atoms with Crippen molar-refractivity contribution in [3.8, 4) is 0 Å². The summed E-state index contributed by atoms with van der Waals surface area (Å²) in [5.74, 6) is 0. The molecule has 0 atom stereocenters. The standard InChI is InChI=1S/C12H13BrOS/c13-10-7-8(12(14)5-6-12)1-4-11(10)15-9-2-3-9/h1,4,7,9,14H,2-3,5-6H2. The van der Waals surface area contributed by atoms with Crippen molar-refractivity contribution in [2.45, 2.75) is 41.4 Å². The van der Waals surface area contributed by atoms with Crippen molar-refractivity contribution in [3.63, 3.8) is 0 Å². The Balaban J connectivity index is 1.85. The van der Waals surface area contributed by atoms with Crippen LogP contribution in [0.4, 0.5) is 0 Å². The molecule has 80 valence electrons. The van der Waals surface area contributed by atoms with Crippen LogP contribution in [0.1, 0.15) is 31.2 Å². The van der Waals surface area contributed by atoms with Crippen LogP contribution in [0.5, 0.6) is 0 Å². The molecule has 0 radical (unpaired) electrons. The summed E-state index contributed by atoms with van der Waals surface area (Å²) >= 11 is 5.54. The molecular weight excluding hydrogens is 272 g/mol. The van der Waals surface area contributed by atoms with Crippen molar-refractivity contribution in [1.29, 1.82) is 0 Å². The second-order valence-corrected chi connectivity index (χ2v) is 6.69. The Kier molecular flexibility index (Phi) is 2.38. The number of halogens is 1. The normalized spacial score (nSPS) is 22.8. The van der Waals surface area contributed by atoms with Gasteiger partial charge in [0.05, 0.1) is 5.60 Å². The van der Waals surface area contributed by atoms with Crippen LogP contribution in [0, 0.1) is 0 Å². The maximum atomic E-state index is 9.98. The van der Waals surface area contributed by atoms with Crippen LogP contribution in [-0.2, 0) is 5.60 Å². The molecule has 1 N–H and O–H groups in total. The van der Waals surface area contributed by atoms with Crippen LogP contribution in [0.3, 0.4) is 0 Å². The van der Waals surface area contributed by atoms with E-state index in [1.165, 1.54) is 17.7 Å². The Morgan fingerprint density at radius 2 is 2.07 bits per heavy atom. The Hall–Kier alpha value is 0.01000. The summed E-state index contributed by atoms with van der Waals surface area (Å²) in [7, 11) is 0. The van der Waals surface area contributed by atoms with Crippen molar-refractivity contribution < 1.29 is 5.11 Å². The third-order valence-electron chi connectivity index (χ3n) is 3.01. The van der Waals surface area contributed by atoms with Gasteiger partial charge >= 0.3 is 0 Å². The summed E-state index contributed by atoms with van der Waals surface area (Å²) in [6.45, 7) is 0. The maximum Gasteiger partial charge on any atom is 0.0899 e. The van der Waals surface area contributed by atoms with Gasteiger partial charge in [-0.3, -0.25) is 0 Å². The van der Waals surface area contributed by atoms with Gasteiger partial charge in [0, 0.05) is 14.6 Å². The first kappa shape index (κ1) is 10.2. The molecule has 1 nitrogen and oxygen atoms in total. The summed E-state index contributed by atoms with van der Waals surface area (Å²) < 4.78 is 1.14. The predicted octanol–water partition coefficient (Wildman–Crippen LogP) is 3.69. The molecule has 0 bridgehead atoms. The lowest BCUT2D eigenvalue weighted by molar-refractivity contribution is 0.151. The smallest absolute Gasteiger partial charge is 0.0899 e. The molecule has 0 unspecified atom stereocenters. The van der Waals surface area contributed by atoms with Crippen LogP contribution >= 0.6 is 27.7 Å². The van der Waals surface area contributed by atoms with Gasteiger partial charge in [0.2, 0.25) is 0 Å². The van der Waals surface area contributed by atoms with Gasteiger partial charge in [0.25, 0.3) is 0 Å². The quantitative estimate of drug-likeness (QED) is 0.914. The summed E-state index contributed by atoms with van der Waals surface area (Å²) in [4.78, 5) is 1.31. The SMILES string of the molecule is OC1(c2ccc(SC3CC3)c(Br)c2)CC1. The molecule has 0 heterocycles. The summed E-state index contributed by atoms with van der Waals surface area (Å²) in [5, 5.41) is 10.8. The number of thioether (sulfide) groups is 1. The van der Waals surface area contributed by atoms with E-state index in [-0.39, 0.29) is 0 Å². The number of aliphatic hydroxyl groups is 1. The summed E-state index contributed by atoms with van der Waals surface area (Å²) in [6, 6.07) is 6.29. The zero-order chi connectivity index (χ0) is 10.5. The van der Waals surface area contributed by atoms with E-state index < -0.39 is 5.60 Å². The van der Waals surface area contributed by atoms with Crippen molar-refractivity contribution in [3.05, 3.63) is 28.2 Å². The minimum atomic E-state index is -0.509. The molecule has 2 fully saturated rings. The lowest BCUT2D eigenvalue weighted by Crippen LogP contribution is -2.03. The predicted molar refractivity (Wildman–Crippen MR) is 66.2 cm³/mol. The van der Waals surface area contributed by atoms with Gasteiger partial charge in [0.1, 0.15) is 0 Å². The molecule has 0 aliphatic heterocycles. The fourth-order valence-electron chi connectivity index (χ4n) is 1.66. The number of hydrogen-bond donors (Lipinski definition) is 1. The Morgan fingerprint density at radius 3 is 2.60 bits per heavy atom. The van der Waals surface area contributed by atoms with Crippen LogP contribution in [0.2, 0.25) is 0 Å². The monoisotopic (exact) mass is 284 g/mol.